The standard InChI is InChI=1S/C6H9IO4/c7-6(10)11-3-1-4(8)5(9)2-3/h3-5,8-9H,1-2H2. The first-order chi connectivity index (χ1) is 5.09. The van der Waals surface area contributed by atoms with Gasteiger partial charge in [-0.1, -0.05) is 0 Å². The minimum Gasteiger partial charge on any atom is -0.455 e. The Hall–Kier alpha value is 0.120. The third-order valence-corrected chi connectivity index (χ3v) is 1.97. The quantitative estimate of drug-likeness (QED) is 0.537. The number of aliphatic hydroxyl groups is 2. The number of rotatable bonds is 1. The third kappa shape index (κ3) is 2.57. The summed E-state index contributed by atoms with van der Waals surface area (Å²) < 4.78 is 4.39. The molecular weight excluding hydrogens is 263 g/mol. The van der Waals surface area contributed by atoms with Crippen LogP contribution in [0.1, 0.15) is 12.8 Å². The van der Waals surface area contributed by atoms with Gasteiger partial charge in [0.15, 0.2) is 0 Å². The highest BCUT2D eigenvalue weighted by atomic mass is 127. The number of ether oxygens (including phenoxy) is 1. The van der Waals surface area contributed by atoms with Crippen molar-refractivity contribution in [2.75, 3.05) is 0 Å². The van der Waals surface area contributed by atoms with Gasteiger partial charge >= 0.3 is 3.98 Å². The van der Waals surface area contributed by atoms with Crippen LogP contribution in [0.2, 0.25) is 0 Å². The molecule has 0 aromatic heterocycles. The topological polar surface area (TPSA) is 66.8 Å². The van der Waals surface area contributed by atoms with Gasteiger partial charge in [-0.25, -0.2) is 4.79 Å². The maximum Gasteiger partial charge on any atom is 0.367 e. The maximum atomic E-state index is 10.4. The lowest BCUT2D eigenvalue weighted by atomic mass is 10.3. The van der Waals surface area contributed by atoms with Crippen LogP contribution in [0.25, 0.3) is 0 Å². The van der Waals surface area contributed by atoms with E-state index in [0.717, 1.165) is 0 Å². The molecule has 1 aliphatic carbocycles. The van der Waals surface area contributed by atoms with Crippen LogP contribution in [0.4, 0.5) is 4.79 Å². The van der Waals surface area contributed by atoms with Crippen molar-refractivity contribution in [1.29, 1.82) is 0 Å². The van der Waals surface area contributed by atoms with Crippen LogP contribution in [-0.2, 0) is 4.74 Å². The fourth-order valence-corrected chi connectivity index (χ4v) is 1.54. The summed E-state index contributed by atoms with van der Waals surface area (Å²) in [5.41, 5.74) is 0. The molecule has 2 N–H and O–H groups in total. The van der Waals surface area contributed by atoms with E-state index in [1.54, 1.807) is 0 Å². The molecule has 0 amide bonds. The SMILES string of the molecule is O=C(I)OC1CC(O)C(O)C1. The molecular formula is C6H9IO4. The second kappa shape index (κ2) is 3.68. The van der Waals surface area contributed by atoms with Crippen LogP contribution in [0, 0.1) is 0 Å². The summed E-state index contributed by atoms with van der Waals surface area (Å²) in [6, 6.07) is 0. The molecule has 11 heavy (non-hydrogen) atoms. The molecule has 64 valence electrons. The predicted molar refractivity (Wildman–Crippen MR) is 45.5 cm³/mol. The molecule has 0 aromatic rings. The molecule has 0 bridgehead atoms. The van der Waals surface area contributed by atoms with Gasteiger partial charge in [0.1, 0.15) is 6.10 Å². The van der Waals surface area contributed by atoms with Gasteiger partial charge in [-0.05, 0) is 0 Å². The lowest BCUT2D eigenvalue weighted by molar-refractivity contribution is 0.0438. The Morgan fingerprint density at radius 2 is 1.82 bits per heavy atom. The van der Waals surface area contributed by atoms with Crippen molar-refractivity contribution < 1.29 is 19.7 Å². The number of hydrogen-bond donors (Lipinski definition) is 2. The Morgan fingerprint density at radius 1 is 1.36 bits per heavy atom. The van der Waals surface area contributed by atoms with E-state index in [-0.39, 0.29) is 6.10 Å². The summed E-state index contributed by atoms with van der Waals surface area (Å²) >= 11 is 1.52. The average Bonchev–Trinajstić information content (AvgIpc) is 2.10. The van der Waals surface area contributed by atoms with Crippen LogP contribution in [0.3, 0.4) is 0 Å². The molecule has 2 unspecified atom stereocenters. The Balaban J connectivity index is 2.35. The zero-order valence-corrected chi connectivity index (χ0v) is 7.89. The minimum atomic E-state index is -0.740. The van der Waals surface area contributed by atoms with E-state index in [1.165, 1.54) is 22.6 Å². The second-order valence-corrected chi connectivity index (χ2v) is 3.46. The Morgan fingerprint density at radius 3 is 2.18 bits per heavy atom. The van der Waals surface area contributed by atoms with Gasteiger partial charge in [0.2, 0.25) is 0 Å². The molecule has 4 nitrogen and oxygen atoms in total. The largest absolute Gasteiger partial charge is 0.455 e. The normalized spacial score (nSPS) is 37.2. The minimum absolute atomic E-state index is 0.315. The molecule has 5 heteroatoms. The van der Waals surface area contributed by atoms with Crippen molar-refractivity contribution in [2.24, 2.45) is 0 Å². The fraction of sp³-hybridized carbons (Fsp3) is 0.833. The zero-order valence-electron chi connectivity index (χ0n) is 5.74. The maximum absolute atomic E-state index is 10.4. The predicted octanol–water partition coefficient (Wildman–Crippen LogP) is 0.442. The Labute approximate surface area is 77.7 Å². The van der Waals surface area contributed by atoms with E-state index in [2.05, 4.69) is 0 Å². The summed E-state index contributed by atoms with van der Waals surface area (Å²) in [7, 11) is 0. The van der Waals surface area contributed by atoms with Crippen molar-refractivity contribution in [1.82, 2.24) is 0 Å². The van der Waals surface area contributed by atoms with E-state index in [1.807, 2.05) is 0 Å². The van der Waals surface area contributed by atoms with Gasteiger partial charge < -0.3 is 14.9 Å². The van der Waals surface area contributed by atoms with Gasteiger partial charge in [-0.2, -0.15) is 0 Å². The summed E-state index contributed by atoms with van der Waals surface area (Å²) in [5.74, 6) is 0. The second-order valence-electron chi connectivity index (χ2n) is 2.58. The lowest BCUT2D eigenvalue weighted by Crippen LogP contribution is -2.17. The molecule has 0 aliphatic heterocycles. The van der Waals surface area contributed by atoms with E-state index in [9.17, 15) is 4.79 Å². The molecule has 0 saturated heterocycles. The van der Waals surface area contributed by atoms with E-state index < -0.39 is 16.2 Å². The van der Waals surface area contributed by atoms with Crippen LogP contribution in [0.5, 0.6) is 0 Å². The summed E-state index contributed by atoms with van der Waals surface area (Å²) in [6.07, 6.45) is -1.11. The monoisotopic (exact) mass is 272 g/mol. The molecule has 1 fully saturated rings. The van der Waals surface area contributed by atoms with Crippen molar-refractivity contribution in [3.8, 4) is 0 Å². The van der Waals surface area contributed by atoms with Gasteiger partial charge in [0.05, 0.1) is 34.8 Å². The van der Waals surface area contributed by atoms with Gasteiger partial charge in [-0.3, -0.25) is 0 Å². The highest BCUT2D eigenvalue weighted by molar-refractivity contribution is 14.1. The van der Waals surface area contributed by atoms with Crippen LogP contribution in [-0.4, -0.2) is 32.5 Å². The van der Waals surface area contributed by atoms with E-state index >= 15 is 0 Å². The third-order valence-electron chi connectivity index (χ3n) is 1.71. The van der Waals surface area contributed by atoms with Crippen molar-refractivity contribution >= 4 is 26.6 Å². The molecule has 1 saturated carbocycles. The summed E-state index contributed by atoms with van der Waals surface area (Å²) in [6.45, 7) is 0. The van der Waals surface area contributed by atoms with Crippen LogP contribution in [0.15, 0.2) is 0 Å². The van der Waals surface area contributed by atoms with Crippen LogP contribution >= 0.6 is 22.6 Å². The van der Waals surface area contributed by atoms with Gasteiger partial charge in [0, 0.05) is 12.8 Å². The van der Waals surface area contributed by atoms with Gasteiger partial charge in [0.25, 0.3) is 0 Å². The van der Waals surface area contributed by atoms with Crippen molar-refractivity contribution in [2.45, 2.75) is 31.2 Å². The first-order valence-electron chi connectivity index (χ1n) is 3.32. The number of aliphatic hydroxyl groups excluding tert-OH is 2. The highest BCUT2D eigenvalue weighted by Gasteiger charge is 2.33. The molecule has 0 aromatic carbocycles. The number of hydrogen-bond acceptors (Lipinski definition) is 4. The molecule has 1 rings (SSSR count). The smallest absolute Gasteiger partial charge is 0.367 e. The molecule has 0 radical (unpaired) electrons. The first-order valence-corrected chi connectivity index (χ1v) is 4.39. The van der Waals surface area contributed by atoms with Crippen molar-refractivity contribution in [3.63, 3.8) is 0 Å². The first kappa shape index (κ1) is 9.21. The van der Waals surface area contributed by atoms with Crippen molar-refractivity contribution in [3.05, 3.63) is 0 Å². The molecule has 0 heterocycles. The number of carbonyl (C=O) groups is 1. The van der Waals surface area contributed by atoms with Gasteiger partial charge in [-0.15, -0.1) is 0 Å². The molecule has 1 aliphatic rings. The van der Waals surface area contributed by atoms with E-state index in [4.69, 9.17) is 14.9 Å². The average molecular weight is 272 g/mol. The molecule has 2 atom stereocenters. The summed E-state index contributed by atoms with van der Waals surface area (Å²) in [5, 5.41) is 18.1. The van der Waals surface area contributed by atoms with E-state index in [0.29, 0.717) is 12.8 Å². The van der Waals surface area contributed by atoms with Crippen LogP contribution < -0.4 is 0 Å². The lowest BCUT2D eigenvalue weighted by Gasteiger charge is -2.06. The number of carbonyl (C=O) groups excluding carboxylic acids is 1. The fourth-order valence-electron chi connectivity index (χ4n) is 1.18. The number of halogens is 1. The summed E-state index contributed by atoms with van der Waals surface area (Å²) in [4.78, 5) is 10.4. The Bertz CT molecular complexity index is 151. The zero-order chi connectivity index (χ0) is 8.43. The highest BCUT2D eigenvalue weighted by Crippen LogP contribution is 2.23. The molecule has 0 spiro atoms. The Kier molecular flexibility index (Phi) is 3.08.